The quantitative estimate of drug-likeness (QED) is 0.602. The van der Waals surface area contributed by atoms with Gasteiger partial charge in [-0.25, -0.2) is 0 Å². The van der Waals surface area contributed by atoms with E-state index in [9.17, 15) is 0 Å². The fourth-order valence-corrected chi connectivity index (χ4v) is 1.15. The van der Waals surface area contributed by atoms with Gasteiger partial charge in [-0.3, -0.25) is 0 Å². The van der Waals surface area contributed by atoms with E-state index in [2.05, 4.69) is 0 Å². The Hall–Kier alpha value is -0.770. The highest BCUT2D eigenvalue weighted by atomic mass is 35.5. The van der Waals surface area contributed by atoms with E-state index in [1.165, 1.54) is 0 Å². The average molecular weight is 187 g/mol. The number of halogens is 1. The number of nitrogen functional groups attached to an aromatic ring is 1. The molecule has 0 aromatic heterocycles. The van der Waals surface area contributed by atoms with Crippen molar-refractivity contribution in [1.82, 2.24) is 0 Å². The van der Waals surface area contributed by atoms with Crippen molar-refractivity contribution in [2.45, 2.75) is 6.04 Å². The normalized spacial score (nSPS) is 12.9. The molecule has 0 spiro atoms. The van der Waals surface area contributed by atoms with Gasteiger partial charge in [-0.1, -0.05) is 11.6 Å². The smallest absolute Gasteiger partial charge is 0.0625 e. The summed E-state index contributed by atoms with van der Waals surface area (Å²) < 4.78 is 0. The van der Waals surface area contributed by atoms with Crippen molar-refractivity contribution in [3.63, 3.8) is 0 Å². The molecule has 0 aliphatic carbocycles. The molecule has 0 fully saturated rings. The van der Waals surface area contributed by atoms with Gasteiger partial charge >= 0.3 is 0 Å². The molecule has 0 saturated heterocycles. The van der Waals surface area contributed by atoms with Gasteiger partial charge in [-0.15, -0.1) is 0 Å². The zero-order valence-corrected chi connectivity index (χ0v) is 7.25. The van der Waals surface area contributed by atoms with E-state index in [4.69, 9.17) is 28.2 Å². The Bertz CT molecular complexity index is 278. The van der Waals surface area contributed by atoms with Crippen LogP contribution in [0.25, 0.3) is 0 Å². The topological polar surface area (TPSA) is 72.3 Å². The predicted molar refractivity (Wildman–Crippen MR) is 49.9 cm³/mol. The molecular weight excluding hydrogens is 176 g/mol. The molecule has 5 N–H and O–H groups in total. The van der Waals surface area contributed by atoms with Crippen LogP contribution in [0.5, 0.6) is 0 Å². The molecule has 0 heterocycles. The lowest BCUT2D eigenvalue weighted by molar-refractivity contribution is 0.268. The minimum atomic E-state index is -0.455. The Morgan fingerprint density at radius 2 is 2.17 bits per heavy atom. The first-order valence-corrected chi connectivity index (χ1v) is 3.94. The maximum atomic E-state index is 8.78. The fourth-order valence-electron chi connectivity index (χ4n) is 0.965. The molecule has 0 radical (unpaired) electrons. The first kappa shape index (κ1) is 9.32. The molecule has 0 amide bonds. The number of nitrogens with two attached hydrogens (primary N) is 2. The summed E-state index contributed by atoms with van der Waals surface area (Å²) in [5.41, 5.74) is 12.4. The molecule has 1 unspecified atom stereocenters. The predicted octanol–water partition coefficient (Wildman–Crippen LogP) is 0.914. The van der Waals surface area contributed by atoms with E-state index in [-0.39, 0.29) is 6.61 Å². The molecule has 3 nitrogen and oxygen atoms in total. The monoisotopic (exact) mass is 186 g/mol. The molecule has 0 saturated carbocycles. The van der Waals surface area contributed by atoms with Gasteiger partial charge in [-0.05, 0) is 23.8 Å². The summed E-state index contributed by atoms with van der Waals surface area (Å²) in [4.78, 5) is 0. The lowest BCUT2D eigenvalue weighted by Gasteiger charge is -2.11. The van der Waals surface area contributed by atoms with E-state index in [1.54, 1.807) is 18.2 Å². The highest BCUT2D eigenvalue weighted by Gasteiger charge is 2.08. The van der Waals surface area contributed by atoms with Crippen LogP contribution in [0, 0.1) is 0 Å². The minimum Gasteiger partial charge on any atom is -0.398 e. The molecule has 1 aromatic rings. The van der Waals surface area contributed by atoms with Crippen LogP contribution in [0.2, 0.25) is 5.02 Å². The standard InChI is InChI=1S/C8H11ClN2O/c9-5-1-2-7(10)6(3-5)8(11)4-12/h1-3,8,12H,4,10-11H2. The van der Waals surface area contributed by atoms with Crippen LogP contribution in [-0.2, 0) is 0 Å². The third-order valence-electron chi connectivity index (χ3n) is 1.65. The van der Waals surface area contributed by atoms with E-state index in [0.29, 0.717) is 16.3 Å². The lowest BCUT2D eigenvalue weighted by Crippen LogP contribution is -2.16. The fraction of sp³-hybridized carbons (Fsp3) is 0.250. The second-order valence-electron chi connectivity index (χ2n) is 2.56. The summed E-state index contributed by atoms with van der Waals surface area (Å²) in [6.45, 7) is -0.134. The van der Waals surface area contributed by atoms with Gasteiger partial charge in [-0.2, -0.15) is 0 Å². The van der Waals surface area contributed by atoms with E-state index in [0.717, 1.165) is 0 Å². The van der Waals surface area contributed by atoms with Gasteiger partial charge in [0.05, 0.1) is 12.6 Å². The maximum absolute atomic E-state index is 8.78. The molecule has 1 atom stereocenters. The first-order chi connectivity index (χ1) is 5.65. The third-order valence-corrected chi connectivity index (χ3v) is 1.88. The zero-order valence-electron chi connectivity index (χ0n) is 6.50. The lowest BCUT2D eigenvalue weighted by atomic mass is 10.1. The van der Waals surface area contributed by atoms with Crippen LogP contribution in [-0.4, -0.2) is 11.7 Å². The Kier molecular flexibility index (Phi) is 2.92. The number of hydrogen-bond acceptors (Lipinski definition) is 3. The molecule has 66 valence electrons. The maximum Gasteiger partial charge on any atom is 0.0625 e. The van der Waals surface area contributed by atoms with Crippen LogP contribution in [0.4, 0.5) is 5.69 Å². The summed E-state index contributed by atoms with van der Waals surface area (Å²) in [6, 6.07) is 4.57. The third kappa shape index (κ3) is 1.88. The van der Waals surface area contributed by atoms with Gasteiger partial charge in [0, 0.05) is 10.7 Å². The van der Waals surface area contributed by atoms with Crippen molar-refractivity contribution in [1.29, 1.82) is 0 Å². The van der Waals surface area contributed by atoms with Crippen molar-refractivity contribution >= 4 is 17.3 Å². The van der Waals surface area contributed by atoms with Crippen LogP contribution in [0.1, 0.15) is 11.6 Å². The summed E-state index contributed by atoms with van der Waals surface area (Å²) in [5, 5.41) is 9.35. The number of anilines is 1. The van der Waals surface area contributed by atoms with Crippen LogP contribution in [0.15, 0.2) is 18.2 Å². The summed E-state index contributed by atoms with van der Waals surface area (Å²) in [5.74, 6) is 0. The number of hydrogen-bond donors (Lipinski definition) is 3. The van der Waals surface area contributed by atoms with Crippen LogP contribution < -0.4 is 11.5 Å². The Morgan fingerprint density at radius 1 is 1.50 bits per heavy atom. The van der Waals surface area contributed by atoms with E-state index < -0.39 is 6.04 Å². The minimum absolute atomic E-state index is 0.134. The van der Waals surface area contributed by atoms with Gasteiger partial charge in [0.1, 0.15) is 0 Å². The summed E-state index contributed by atoms with van der Waals surface area (Å²) in [7, 11) is 0. The Morgan fingerprint density at radius 3 is 2.75 bits per heavy atom. The summed E-state index contributed by atoms with van der Waals surface area (Å²) in [6.07, 6.45) is 0. The van der Waals surface area contributed by atoms with Crippen LogP contribution in [0.3, 0.4) is 0 Å². The second-order valence-corrected chi connectivity index (χ2v) is 3.00. The Labute approximate surface area is 75.9 Å². The van der Waals surface area contributed by atoms with Crippen molar-refractivity contribution < 1.29 is 5.11 Å². The van der Waals surface area contributed by atoms with Crippen molar-refractivity contribution in [3.05, 3.63) is 28.8 Å². The van der Waals surface area contributed by atoms with Crippen molar-refractivity contribution in [3.8, 4) is 0 Å². The molecule has 0 bridgehead atoms. The van der Waals surface area contributed by atoms with Gasteiger partial charge in [0.2, 0.25) is 0 Å². The molecule has 1 rings (SSSR count). The highest BCUT2D eigenvalue weighted by molar-refractivity contribution is 6.30. The zero-order chi connectivity index (χ0) is 9.14. The number of rotatable bonds is 2. The van der Waals surface area contributed by atoms with Gasteiger partial charge in [0.15, 0.2) is 0 Å². The largest absolute Gasteiger partial charge is 0.398 e. The number of benzene rings is 1. The molecule has 1 aromatic carbocycles. The highest BCUT2D eigenvalue weighted by Crippen LogP contribution is 2.22. The molecule has 0 aliphatic heterocycles. The Balaban J connectivity index is 3.04. The molecule has 4 heteroatoms. The average Bonchev–Trinajstić information content (AvgIpc) is 2.08. The molecule has 12 heavy (non-hydrogen) atoms. The van der Waals surface area contributed by atoms with Crippen molar-refractivity contribution in [2.24, 2.45) is 5.73 Å². The molecule has 0 aliphatic rings. The van der Waals surface area contributed by atoms with E-state index in [1.807, 2.05) is 0 Å². The first-order valence-electron chi connectivity index (χ1n) is 3.56. The summed E-state index contributed by atoms with van der Waals surface area (Å²) >= 11 is 5.73. The van der Waals surface area contributed by atoms with Crippen molar-refractivity contribution in [2.75, 3.05) is 12.3 Å². The second kappa shape index (κ2) is 3.76. The van der Waals surface area contributed by atoms with Crippen LogP contribution >= 0.6 is 11.6 Å². The van der Waals surface area contributed by atoms with Gasteiger partial charge in [0.25, 0.3) is 0 Å². The van der Waals surface area contributed by atoms with Gasteiger partial charge < -0.3 is 16.6 Å². The SMILES string of the molecule is Nc1ccc(Cl)cc1C(N)CO. The number of aliphatic hydroxyl groups excluding tert-OH is 1. The molecular formula is C8H11ClN2O. The number of aliphatic hydroxyl groups is 1. The van der Waals surface area contributed by atoms with E-state index >= 15 is 0 Å².